The minimum atomic E-state index is 0.0839. The zero-order valence-electron chi connectivity index (χ0n) is 12.4. The van der Waals surface area contributed by atoms with Gasteiger partial charge in [-0.2, -0.15) is 5.10 Å². The van der Waals surface area contributed by atoms with Crippen molar-refractivity contribution in [2.45, 2.75) is 45.7 Å². The van der Waals surface area contributed by atoms with E-state index in [2.05, 4.69) is 49.8 Å². The average Bonchev–Trinajstić information content (AvgIpc) is 2.97. The van der Waals surface area contributed by atoms with Gasteiger partial charge in [0.25, 0.3) is 0 Å². The zero-order chi connectivity index (χ0) is 14.0. The van der Waals surface area contributed by atoms with Gasteiger partial charge in [-0.15, -0.1) is 0 Å². The number of hydrogen-bond donors (Lipinski definition) is 1. The molecule has 1 atom stereocenters. The van der Waals surface area contributed by atoms with Gasteiger partial charge in [-0.1, -0.05) is 20.8 Å². The Labute approximate surface area is 114 Å². The average molecular weight is 261 g/mol. The van der Waals surface area contributed by atoms with Crippen LogP contribution in [0.1, 0.15) is 50.8 Å². The normalized spacial score (nSPS) is 14.0. The largest absolute Gasteiger partial charge is 0.468 e. The van der Waals surface area contributed by atoms with Crippen molar-refractivity contribution in [1.82, 2.24) is 15.1 Å². The standard InChI is InChI=1S/C15H23N3O/c1-11(13-7-6-8-19-13)18(5)10-12-9-16-17-14(12)15(2,3)4/h6-9,11H,10H2,1-5H3,(H,16,17)/t11-/m1/s1. The summed E-state index contributed by atoms with van der Waals surface area (Å²) >= 11 is 0. The third-order valence-electron chi connectivity index (χ3n) is 3.50. The van der Waals surface area contributed by atoms with Crippen LogP contribution >= 0.6 is 0 Å². The molecule has 0 saturated heterocycles. The molecule has 2 aromatic heterocycles. The van der Waals surface area contributed by atoms with E-state index >= 15 is 0 Å². The van der Waals surface area contributed by atoms with Crippen LogP contribution in [0.5, 0.6) is 0 Å². The van der Waals surface area contributed by atoms with Crippen molar-refractivity contribution in [2.75, 3.05) is 7.05 Å². The monoisotopic (exact) mass is 261 g/mol. The fourth-order valence-corrected chi connectivity index (χ4v) is 2.23. The van der Waals surface area contributed by atoms with E-state index < -0.39 is 0 Å². The maximum absolute atomic E-state index is 5.47. The maximum Gasteiger partial charge on any atom is 0.120 e. The highest BCUT2D eigenvalue weighted by atomic mass is 16.3. The Hall–Kier alpha value is -1.55. The van der Waals surface area contributed by atoms with Crippen LogP contribution in [0, 0.1) is 0 Å². The highest BCUT2D eigenvalue weighted by Gasteiger charge is 2.22. The van der Waals surface area contributed by atoms with Crippen LogP contribution in [0.25, 0.3) is 0 Å². The van der Waals surface area contributed by atoms with E-state index in [1.165, 1.54) is 11.3 Å². The predicted octanol–water partition coefficient (Wildman–Crippen LogP) is 3.49. The third kappa shape index (κ3) is 3.07. The Bertz CT molecular complexity index is 508. The van der Waals surface area contributed by atoms with Gasteiger partial charge >= 0.3 is 0 Å². The van der Waals surface area contributed by atoms with Crippen molar-refractivity contribution in [1.29, 1.82) is 0 Å². The Balaban J connectivity index is 2.11. The van der Waals surface area contributed by atoms with Gasteiger partial charge in [0.1, 0.15) is 5.76 Å². The van der Waals surface area contributed by atoms with Crippen LogP contribution in [0.2, 0.25) is 0 Å². The molecule has 4 nitrogen and oxygen atoms in total. The van der Waals surface area contributed by atoms with Gasteiger partial charge in [0, 0.05) is 23.2 Å². The Kier molecular flexibility index (Phi) is 3.80. The Morgan fingerprint density at radius 2 is 2.16 bits per heavy atom. The Morgan fingerprint density at radius 3 is 2.74 bits per heavy atom. The summed E-state index contributed by atoms with van der Waals surface area (Å²) in [4.78, 5) is 2.26. The summed E-state index contributed by atoms with van der Waals surface area (Å²) in [6.07, 6.45) is 3.64. The molecule has 0 unspecified atom stereocenters. The van der Waals surface area contributed by atoms with Crippen molar-refractivity contribution >= 4 is 0 Å². The van der Waals surface area contributed by atoms with E-state index in [9.17, 15) is 0 Å². The van der Waals surface area contributed by atoms with Gasteiger partial charge in [-0.25, -0.2) is 0 Å². The minimum Gasteiger partial charge on any atom is -0.468 e. The molecule has 0 saturated carbocycles. The maximum atomic E-state index is 5.47. The molecular formula is C15H23N3O. The smallest absolute Gasteiger partial charge is 0.120 e. The molecule has 1 N–H and O–H groups in total. The second kappa shape index (κ2) is 5.21. The second-order valence-electron chi connectivity index (χ2n) is 6.13. The summed E-state index contributed by atoms with van der Waals surface area (Å²) < 4.78 is 5.47. The van der Waals surface area contributed by atoms with Crippen LogP contribution in [-0.4, -0.2) is 22.1 Å². The summed E-state index contributed by atoms with van der Waals surface area (Å²) in [5.41, 5.74) is 2.53. The van der Waals surface area contributed by atoms with Crippen molar-refractivity contribution < 1.29 is 4.42 Å². The zero-order valence-corrected chi connectivity index (χ0v) is 12.4. The number of nitrogens with one attached hydrogen (secondary N) is 1. The number of hydrogen-bond acceptors (Lipinski definition) is 3. The molecule has 0 aliphatic heterocycles. The number of rotatable bonds is 4. The highest BCUT2D eigenvalue weighted by Crippen LogP contribution is 2.26. The summed E-state index contributed by atoms with van der Waals surface area (Å²) in [5, 5.41) is 7.31. The topological polar surface area (TPSA) is 45.1 Å². The van der Waals surface area contributed by atoms with Crippen molar-refractivity contribution in [3.8, 4) is 0 Å². The van der Waals surface area contributed by atoms with Crippen molar-refractivity contribution in [3.63, 3.8) is 0 Å². The van der Waals surface area contributed by atoms with Gasteiger partial charge in [0.15, 0.2) is 0 Å². The van der Waals surface area contributed by atoms with Crippen molar-refractivity contribution in [2.24, 2.45) is 0 Å². The van der Waals surface area contributed by atoms with Crippen LogP contribution in [-0.2, 0) is 12.0 Å². The SMILES string of the molecule is C[C@H](c1ccco1)N(C)Cc1cn[nH]c1C(C)(C)C. The van der Waals surface area contributed by atoms with E-state index in [0.29, 0.717) is 0 Å². The first-order valence-corrected chi connectivity index (χ1v) is 6.66. The number of aromatic nitrogens is 2. The van der Waals surface area contributed by atoms with Crippen LogP contribution in [0.15, 0.2) is 29.0 Å². The third-order valence-corrected chi connectivity index (χ3v) is 3.50. The van der Waals surface area contributed by atoms with Crippen LogP contribution < -0.4 is 0 Å². The van der Waals surface area contributed by atoms with Gasteiger partial charge in [0.05, 0.1) is 18.5 Å². The minimum absolute atomic E-state index is 0.0839. The summed E-state index contributed by atoms with van der Waals surface area (Å²) in [5.74, 6) is 0.989. The first-order valence-electron chi connectivity index (χ1n) is 6.66. The van der Waals surface area contributed by atoms with Gasteiger partial charge in [-0.3, -0.25) is 10.00 Å². The molecule has 0 aromatic carbocycles. The summed E-state index contributed by atoms with van der Waals surface area (Å²) in [7, 11) is 2.10. The number of furan rings is 1. The lowest BCUT2D eigenvalue weighted by Gasteiger charge is -2.25. The second-order valence-corrected chi connectivity index (χ2v) is 6.13. The highest BCUT2D eigenvalue weighted by molar-refractivity contribution is 5.23. The molecule has 0 radical (unpaired) electrons. The fraction of sp³-hybridized carbons (Fsp3) is 0.533. The lowest BCUT2D eigenvalue weighted by Crippen LogP contribution is -2.24. The van der Waals surface area contributed by atoms with Gasteiger partial charge < -0.3 is 4.42 Å². The van der Waals surface area contributed by atoms with E-state index in [1.54, 1.807) is 6.26 Å². The first kappa shape index (κ1) is 13.9. The van der Waals surface area contributed by atoms with Crippen LogP contribution in [0.3, 0.4) is 0 Å². The predicted molar refractivity (Wildman–Crippen MR) is 75.9 cm³/mol. The van der Waals surface area contributed by atoms with E-state index in [1.807, 2.05) is 18.3 Å². The molecule has 2 aromatic rings. The molecular weight excluding hydrogens is 238 g/mol. The molecule has 4 heteroatoms. The van der Waals surface area contributed by atoms with E-state index in [0.717, 1.165) is 12.3 Å². The number of nitrogens with zero attached hydrogens (tertiary/aromatic N) is 2. The molecule has 0 fully saturated rings. The molecule has 0 aliphatic carbocycles. The van der Waals surface area contributed by atoms with E-state index in [4.69, 9.17) is 4.42 Å². The van der Waals surface area contributed by atoms with Gasteiger partial charge in [0.2, 0.25) is 0 Å². The summed E-state index contributed by atoms with van der Waals surface area (Å²) in [6.45, 7) is 9.58. The fourth-order valence-electron chi connectivity index (χ4n) is 2.23. The van der Waals surface area contributed by atoms with E-state index in [-0.39, 0.29) is 11.5 Å². The molecule has 2 rings (SSSR count). The first-order chi connectivity index (χ1) is 8.89. The lowest BCUT2D eigenvalue weighted by molar-refractivity contribution is 0.222. The number of H-pyrrole nitrogens is 1. The molecule has 0 aliphatic rings. The van der Waals surface area contributed by atoms with Crippen LogP contribution in [0.4, 0.5) is 0 Å². The summed E-state index contributed by atoms with van der Waals surface area (Å²) in [6, 6.07) is 4.19. The molecule has 104 valence electrons. The van der Waals surface area contributed by atoms with Crippen molar-refractivity contribution in [3.05, 3.63) is 41.6 Å². The quantitative estimate of drug-likeness (QED) is 0.916. The lowest BCUT2D eigenvalue weighted by atomic mass is 9.89. The molecule has 0 amide bonds. The number of aromatic amines is 1. The molecule has 0 bridgehead atoms. The molecule has 2 heterocycles. The molecule has 19 heavy (non-hydrogen) atoms. The van der Waals surface area contributed by atoms with Gasteiger partial charge in [-0.05, 0) is 26.1 Å². The Morgan fingerprint density at radius 1 is 1.42 bits per heavy atom. The molecule has 0 spiro atoms.